The third-order valence-electron chi connectivity index (χ3n) is 2.09. The number of aliphatic hydroxyl groups is 1. The first-order chi connectivity index (χ1) is 8.16. The van der Waals surface area contributed by atoms with Crippen molar-refractivity contribution in [1.82, 2.24) is 0 Å². The molecule has 0 rings (SSSR count). The normalized spacial score (nSPS) is 13.2. The van der Waals surface area contributed by atoms with Gasteiger partial charge in [-0.3, -0.25) is 0 Å². The molecule has 0 amide bonds. The SMILES string of the molecule is CC(C)COCCCOCC(C)OCCCO. The van der Waals surface area contributed by atoms with E-state index in [1.54, 1.807) is 0 Å². The quantitative estimate of drug-likeness (QED) is 0.535. The molecule has 4 nitrogen and oxygen atoms in total. The van der Waals surface area contributed by atoms with Crippen LogP contribution in [0.1, 0.15) is 33.6 Å². The lowest BCUT2D eigenvalue weighted by Gasteiger charge is -2.13. The van der Waals surface area contributed by atoms with Gasteiger partial charge in [0, 0.05) is 33.0 Å². The van der Waals surface area contributed by atoms with E-state index < -0.39 is 0 Å². The second-order valence-electron chi connectivity index (χ2n) is 4.66. The van der Waals surface area contributed by atoms with E-state index in [4.69, 9.17) is 19.3 Å². The Morgan fingerprint density at radius 2 is 1.53 bits per heavy atom. The van der Waals surface area contributed by atoms with E-state index in [-0.39, 0.29) is 12.7 Å². The molecule has 104 valence electrons. The Bertz CT molecular complexity index is 150. The van der Waals surface area contributed by atoms with Crippen LogP contribution in [0.15, 0.2) is 0 Å². The van der Waals surface area contributed by atoms with Crippen LogP contribution in [0.4, 0.5) is 0 Å². The summed E-state index contributed by atoms with van der Waals surface area (Å²) in [6.45, 7) is 9.94. The Hall–Kier alpha value is -0.160. The van der Waals surface area contributed by atoms with Gasteiger partial charge in [0.1, 0.15) is 0 Å². The van der Waals surface area contributed by atoms with E-state index in [2.05, 4.69) is 13.8 Å². The van der Waals surface area contributed by atoms with Gasteiger partial charge in [0.15, 0.2) is 0 Å². The predicted molar refractivity (Wildman–Crippen MR) is 68.2 cm³/mol. The van der Waals surface area contributed by atoms with Gasteiger partial charge in [0.2, 0.25) is 0 Å². The lowest BCUT2D eigenvalue weighted by atomic mass is 10.2. The van der Waals surface area contributed by atoms with Crippen molar-refractivity contribution in [2.75, 3.05) is 39.6 Å². The zero-order valence-electron chi connectivity index (χ0n) is 11.5. The fourth-order valence-electron chi connectivity index (χ4n) is 1.23. The summed E-state index contributed by atoms with van der Waals surface area (Å²) >= 11 is 0. The van der Waals surface area contributed by atoms with Crippen molar-refractivity contribution in [3.8, 4) is 0 Å². The molecule has 1 unspecified atom stereocenters. The Labute approximate surface area is 105 Å². The maximum Gasteiger partial charge on any atom is 0.0780 e. The van der Waals surface area contributed by atoms with Gasteiger partial charge in [-0.1, -0.05) is 13.8 Å². The van der Waals surface area contributed by atoms with Gasteiger partial charge in [0.05, 0.1) is 12.7 Å². The van der Waals surface area contributed by atoms with Crippen LogP contribution in [-0.2, 0) is 14.2 Å². The minimum atomic E-state index is 0.0955. The maximum absolute atomic E-state index is 8.59. The summed E-state index contributed by atoms with van der Waals surface area (Å²) < 4.78 is 16.3. The fourth-order valence-corrected chi connectivity index (χ4v) is 1.23. The summed E-state index contributed by atoms with van der Waals surface area (Å²) in [5, 5.41) is 8.59. The van der Waals surface area contributed by atoms with Crippen LogP contribution in [0.5, 0.6) is 0 Å². The average Bonchev–Trinajstić information content (AvgIpc) is 2.28. The van der Waals surface area contributed by atoms with Gasteiger partial charge in [-0.15, -0.1) is 0 Å². The topological polar surface area (TPSA) is 47.9 Å². The molecule has 0 fully saturated rings. The van der Waals surface area contributed by atoms with E-state index >= 15 is 0 Å². The Balaban J connectivity index is 3.11. The molecule has 0 spiro atoms. The lowest BCUT2D eigenvalue weighted by Crippen LogP contribution is -2.18. The Morgan fingerprint density at radius 1 is 0.882 bits per heavy atom. The molecule has 1 atom stereocenters. The number of hydrogen-bond acceptors (Lipinski definition) is 4. The first-order valence-electron chi connectivity index (χ1n) is 6.54. The smallest absolute Gasteiger partial charge is 0.0780 e. The van der Waals surface area contributed by atoms with Crippen LogP contribution in [0.25, 0.3) is 0 Å². The molecule has 0 radical (unpaired) electrons. The van der Waals surface area contributed by atoms with Crippen LogP contribution in [0, 0.1) is 5.92 Å². The molecule has 0 saturated heterocycles. The molecule has 0 aliphatic heterocycles. The minimum Gasteiger partial charge on any atom is -0.396 e. The van der Waals surface area contributed by atoms with Crippen LogP contribution in [0.2, 0.25) is 0 Å². The van der Waals surface area contributed by atoms with Gasteiger partial charge >= 0.3 is 0 Å². The fraction of sp³-hybridized carbons (Fsp3) is 1.00. The van der Waals surface area contributed by atoms with Crippen molar-refractivity contribution in [3.05, 3.63) is 0 Å². The highest BCUT2D eigenvalue weighted by molar-refractivity contribution is 4.48. The van der Waals surface area contributed by atoms with E-state index in [0.29, 0.717) is 32.2 Å². The van der Waals surface area contributed by atoms with Crippen LogP contribution >= 0.6 is 0 Å². The number of aliphatic hydroxyl groups excluding tert-OH is 1. The molecule has 0 aliphatic rings. The molecule has 0 bridgehead atoms. The summed E-state index contributed by atoms with van der Waals surface area (Å²) in [4.78, 5) is 0. The maximum atomic E-state index is 8.59. The highest BCUT2D eigenvalue weighted by atomic mass is 16.5. The molecule has 0 heterocycles. The van der Waals surface area contributed by atoms with Gasteiger partial charge in [0.25, 0.3) is 0 Å². The van der Waals surface area contributed by atoms with Crippen molar-refractivity contribution in [3.63, 3.8) is 0 Å². The largest absolute Gasteiger partial charge is 0.396 e. The summed E-state index contributed by atoms with van der Waals surface area (Å²) in [6.07, 6.45) is 1.71. The van der Waals surface area contributed by atoms with Gasteiger partial charge < -0.3 is 19.3 Å². The monoisotopic (exact) mass is 248 g/mol. The summed E-state index contributed by atoms with van der Waals surface area (Å²) in [5.74, 6) is 0.593. The van der Waals surface area contributed by atoms with Gasteiger partial charge in [-0.05, 0) is 25.7 Å². The molecule has 0 aromatic rings. The van der Waals surface area contributed by atoms with Gasteiger partial charge in [-0.25, -0.2) is 0 Å². The highest BCUT2D eigenvalue weighted by Gasteiger charge is 2.01. The molecular weight excluding hydrogens is 220 g/mol. The second-order valence-corrected chi connectivity index (χ2v) is 4.66. The average molecular weight is 248 g/mol. The van der Waals surface area contributed by atoms with E-state index in [9.17, 15) is 0 Å². The molecule has 0 aromatic heterocycles. The molecule has 4 heteroatoms. The van der Waals surface area contributed by atoms with Crippen LogP contribution < -0.4 is 0 Å². The zero-order valence-corrected chi connectivity index (χ0v) is 11.5. The summed E-state index contributed by atoms with van der Waals surface area (Å²) in [6, 6.07) is 0. The first kappa shape index (κ1) is 16.8. The van der Waals surface area contributed by atoms with Crippen molar-refractivity contribution in [2.45, 2.75) is 39.7 Å². The molecule has 1 N–H and O–H groups in total. The lowest BCUT2D eigenvalue weighted by molar-refractivity contribution is -0.0158. The van der Waals surface area contributed by atoms with Crippen molar-refractivity contribution >= 4 is 0 Å². The number of hydrogen-bond donors (Lipinski definition) is 1. The van der Waals surface area contributed by atoms with E-state index in [1.165, 1.54) is 0 Å². The first-order valence-corrected chi connectivity index (χ1v) is 6.54. The Kier molecular flexibility index (Phi) is 12.2. The molecule has 0 aliphatic carbocycles. The molecule has 17 heavy (non-hydrogen) atoms. The van der Waals surface area contributed by atoms with Crippen molar-refractivity contribution in [1.29, 1.82) is 0 Å². The van der Waals surface area contributed by atoms with Crippen molar-refractivity contribution < 1.29 is 19.3 Å². The standard InChI is InChI=1S/C13H28O4/c1-12(2)10-15-7-5-8-16-11-13(3)17-9-4-6-14/h12-14H,4-11H2,1-3H3. The van der Waals surface area contributed by atoms with E-state index in [0.717, 1.165) is 19.6 Å². The molecule has 0 aromatic carbocycles. The zero-order chi connectivity index (χ0) is 12.9. The summed E-state index contributed by atoms with van der Waals surface area (Å²) in [5.41, 5.74) is 0. The summed E-state index contributed by atoms with van der Waals surface area (Å²) in [7, 11) is 0. The molecule has 0 saturated carbocycles. The second kappa shape index (κ2) is 12.3. The van der Waals surface area contributed by atoms with Crippen LogP contribution in [-0.4, -0.2) is 50.9 Å². The Morgan fingerprint density at radius 3 is 2.12 bits per heavy atom. The third-order valence-corrected chi connectivity index (χ3v) is 2.09. The minimum absolute atomic E-state index is 0.0955. The molecular formula is C13H28O4. The van der Waals surface area contributed by atoms with E-state index in [1.807, 2.05) is 6.92 Å². The highest BCUT2D eigenvalue weighted by Crippen LogP contribution is 1.96. The van der Waals surface area contributed by atoms with Gasteiger partial charge in [-0.2, -0.15) is 0 Å². The number of rotatable bonds is 12. The predicted octanol–water partition coefficient (Wildman–Crippen LogP) is 1.85. The van der Waals surface area contributed by atoms with Crippen molar-refractivity contribution in [2.24, 2.45) is 5.92 Å². The third kappa shape index (κ3) is 13.8. The number of ether oxygens (including phenoxy) is 3. The van der Waals surface area contributed by atoms with Crippen LogP contribution in [0.3, 0.4) is 0 Å².